The summed E-state index contributed by atoms with van der Waals surface area (Å²) < 4.78 is 10.4. The van der Waals surface area contributed by atoms with Crippen LogP contribution >= 0.6 is 0 Å². The van der Waals surface area contributed by atoms with Gasteiger partial charge in [0.15, 0.2) is 6.61 Å². The molecule has 2 amide bonds. The van der Waals surface area contributed by atoms with Gasteiger partial charge < -0.3 is 14.5 Å². The highest BCUT2D eigenvalue weighted by molar-refractivity contribution is 5.96. The summed E-state index contributed by atoms with van der Waals surface area (Å²) in [6.45, 7) is 0.0652. The summed E-state index contributed by atoms with van der Waals surface area (Å²) in [5.74, 6) is 5.21. The largest absolute Gasteiger partial charge is 0.483 e. The van der Waals surface area contributed by atoms with Crippen molar-refractivity contribution in [3.8, 4) is 5.75 Å². The number of hydrazine groups is 1. The Morgan fingerprint density at radius 1 is 1.19 bits per heavy atom. The third kappa shape index (κ3) is 4.08. The summed E-state index contributed by atoms with van der Waals surface area (Å²) in [4.78, 5) is 23.2. The van der Waals surface area contributed by atoms with E-state index in [9.17, 15) is 9.59 Å². The van der Waals surface area contributed by atoms with Crippen molar-refractivity contribution in [2.45, 2.75) is 6.54 Å². The Balaban J connectivity index is 1.88. The smallest absolute Gasteiger partial charge is 0.268 e. The van der Waals surface area contributed by atoms with Crippen LogP contribution in [0.5, 0.6) is 5.75 Å². The molecule has 1 heterocycles. The van der Waals surface area contributed by atoms with E-state index < -0.39 is 5.91 Å². The molecular formula is C14H15N3O4. The zero-order valence-electron chi connectivity index (χ0n) is 11.2. The van der Waals surface area contributed by atoms with Crippen LogP contribution in [0.15, 0.2) is 47.1 Å². The maximum absolute atomic E-state index is 11.7. The molecule has 0 radical (unpaired) electrons. The molecule has 0 aliphatic rings. The lowest BCUT2D eigenvalue weighted by atomic mass is 10.2. The monoisotopic (exact) mass is 289 g/mol. The van der Waals surface area contributed by atoms with Crippen LogP contribution < -0.4 is 21.3 Å². The molecule has 0 spiro atoms. The SMILES string of the molecule is NNC(=O)c1ccccc1OCC(=O)NCc1ccco1. The predicted molar refractivity (Wildman–Crippen MR) is 74.1 cm³/mol. The van der Waals surface area contributed by atoms with Crippen LogP contribution in [0.1, 0.15) is 16.1 Å². The van der Waals surface area contributed by atoms with Gasteiger partial charge in [-0.15, -0.1) is 0 Å². The van der Waals surface area contributed by atoms with E-state index in [-0.39, 0.29) is 30.4 Å². The molecular weight excluding hydrogens is 274 g/mol. The second-order valence-corrected chi connectivity index (χ2v) is 4.11. The lowest BCUT2D eigenvalue weighted by Crippen LogP contribution is -2.31. The summed E-state index contributed by atoms with van der Waals surface area (Å²) in [5.41, 5.74) is 2.28. The van der Waals surface area contributed by atoms with Crippen molar-refractivity contribution in [3.63, 3.8) is 0 Å². The summed E-state index contributed by atoms with van der Waals surface area (Å²) >= 11 is 0. The van der Waals surface area contributed by atoms with E-state index in [1.807, 2.05) is 5.43 Å². The highest BCUT2D eigenvalue weighted by Crippen LogP contribution is 2.17. The van der Waals surface area contributed by atoms with Crippen LogP contribution in [0.25, 0.3) is 0 Å². The van der Waals surface area contributed by atoms with E-state index in [0.717, 1.165) is 0 Å². The topological polar surface area (TPSA) is 107 Å². The van der Waals surface area contributed by atoms with Gasteiger partial charge in [-0.25, -0.2) is 5.84 Å². The Labute approximate surface area is 121 Å². The van der Waals surface area contributed by atoms with E-state index in [1.54, 1.807) is 36.4 Å². The predicted octanol–water partition coefficient (Wildman–Crippen LogP) is 0.578. The second-order valence-electron chi connectivity index (χ2n) is 4.11. The number of carbonyl (C=O) groups is 2. The molecule has 1 aromatic heterocycles. The van der Waals surface area contributed by atoms with E-state index in [2.05, 4.69) is 5.32 Å². The maximum atomic E-state index is 11.7. The first kappa shape index (κ1) is 14.6. The summed E-state index contributed by atoms with van der Waals surface area (Å²) in [5, 5.41) is 2.64. The molecule has 0 saturated carbocycles. The van der Waals surface area contributed by atoms with Crippen LogP contribution in [0, 0.1) is 0 Å². The van der Waals surface area contributed by atoms with Crippen LogP contribution in [0.4, 0.5) is 0 Å². The van der Waals surface area contributed by atoms with Crippen LogP contribution in [0.3, 0.4) is 0 Å². The molecule has 7 heteroatoms. The maximum Gasteiger partial charge on any atom is 0.268 e. The molecule has 1 aromatic carbocycles. The molecule has 2 aromatic rings. The number of amides is 2. The number of ether oxygens (including phenoxy) is 1. The normalized spacial score (nSPS) is 9.95. The molecule has 0 unspecified atom stereocenters. The van der Waals surface area contributed by atoms with Crippen LogP contribution in [-0.2, 0) is 11.3 Å². The van der Waals surface area contributed by atoms with Gasteiger partial charge >= 0.3 is 0 Å². The van der Waals surface area contributed by atoms with E-state index in [1.165, 1.54) is 6.26 Å². The van der Waals surface area contributed by atoms with E-state index in [0.29, 0.717) is 5.76 Å². The Kier molecular flexibility index (Phi) is 4.94. The fourth-order valence-electron chi connectivity index (χ4n) is 1.65. The Bertz CT molecular complexity index is 610. The van der Waals surface area contributed by atoms with Crippen LogP contribution in [-0.4, -0.2) is 18.4 Å². The highest BCUT2D eigenvalue weighted by atomic mass is 16.5. The van der Waals surface area contributed by atoms with Gasteiger partial charge in [-0.05, 0) is 24.3 Å². The molecule has 110 valence electrons. The number of hydrogen-bond donors (Lipinski definition) is 3. The average Bonchev–Trinajstić information content (AvgIpc) is 3.04. The third-order valence-electron chi connectivity index (χ3n) is 2.66. The molecule has 7 nitrogen and oxygen atoms in total. The molecule has 0 aliphatic heterocycles. The van der Waals surface area contributed by atoms with Crippen molar-refractivity contribution in [1.29, 1.82) is 0 Å². The fourth-order valence-corrected chi connectivity index (χ4v) is 1.65. The minimum absolute atomic E-state index is 0.213. The molecule has 0 fully saturated rings. The zero-order valence-corrected chi connectivity index (χ0v) is 11.2. The number of nitrogens with one attached hydrogen (secondary N) is 2. The molecule has 2 rings (SSSR count). The van der Waals surface area contributed by atoms with Gasteiger partial charge in [-0.3, -0.25) is 15.0 Å². The number of rotatable bonds is 6. The van der Waals surface area contributed by atoms with Gasteiger partial charge in [-0.2, -0.15) is 0 Å². The molecule has 0 bridgehead atoms. The van der Waals surface area contributed by atoms with Crippen molar-refractivity contribution < 1.29 is 18.7 Å². The number of nitrogen functional groups attached to an aromatic ring is 1. The first-order valence-electron chi connectivity index (χ1n) is 6.22. The Hall–Kier alpha value is -2.80. The third-order valence-corrected chi connectivity index (χ3v) is 2.66. The zero-order chi connectivity index (χ0) is 15.1. The van der Waals surface area contributed by atoms with Gasteiger partial charge in [0, 0.05) is 0 Å². The molecule has 0 atom stereocenters. The van der Waals surface area contributed by atoms with Crippen molar-refractivity contribution in [2.75, 3.05) is 6.61 Å². The standard InChI is InChI=1S/C14H15N3O4/c15-17-14(19)11-5-1-2-6-12(11)21-9-13(18)16-8-10-4-3-7-20-10/h1-7H,8-9,15H2,(H,16,18)(H,17,19). The molecule has 0 saturated heterocycles. The molecule has 0 aliphatic carbocycles. The Morgan fingerprint density at radius 3 is 2.71 bits per heavy atom. The number of nitrogens with two attached hydrogens (primary N) is 1. The number of carbonyl (C=O) groups excluding carboxylic acids is 2. The minimum atomic E-state index is -0.485. The van der Waals surface area contributed by atoms with Gasteiger partial charge in [-0.1, -0.05) is 12.1 Å². The first-order chi connectivity index (χ1) is 10.2. The van der Waals surface area contributed by atoms with Crippen molar-refractivity contribution in [2.24, 2.45) is 5.84 Å². The number of benzene rings is 1. The van der Waals surface area contributed by atoms with Crippen LogP contribution in [0.2, 0.25) is 0 Å². The fraction of sp³-hybridized carbons (Fsp3) is 0.143. The van der Waals surface area contributed by atoms with Gasteiger partial charge in [0.1, 0.15) is 11.5 Å². The van der Waals surface area contributed by atoms with Crippen molar-refractivity contribution in [1.82, 2.24) is 10.7 Å². The minimum Gasteiger partial charge on any atom is -0.483 e. The average molecular weight is 289 g/mol. The van der Waals surface area contributed by atoms with E-state index >= 15 is 0 Å². The summed E-state index contributed by atoms with van der Waals surface area (Å²) in [6, 6.07) is 10.0. The van der Waals surface area contributed by atoms with Gasteiger partial charge in [0.25, 0.3) is 11.8 Å². The second kappa shape index (κ2) is 7.11. The molecule has 4 N–H and O–H groups in total. The van der Waals surface area contributed by atoms with Crippen molar-refractivity contribution >= 4 is 11.8 Å². The van der Waals surface area contributed by atoms with E-state index in [4.69, 9.17) is 15.0 Å². The quantitative estimate of drug-likeness (QED) is 0.409. The summed E-state index contributed by atoms with van der Waals surface area (Å²) in [6.07, 6.45) is 1.53. The highest BCUT2D eigenvalue weighted by Gasteiger charge is 2.12. The number of hydrogen-bond acceptors (Lipinski definition) is 5. The molecule has 21 heavy (non-hydrogen) atoms. The lowest BCUT2D eigenvalue weighted by Gasteiger charge is -2.10. The lowest BCUT2D eigenvalue weighted by molar-refractivity contribution is -0.123. The number of furan rings is 1. The van der Waals surface area contributed by atoms with Crippen molar-refractivity contribution in [3.05, 3.63) is 54.0 Å². The number of para-hydroxylation sites is 1. The summed E-state index contributed by atoms with van der Waals surface area (Å²) in [7, 11) is 0. The van der Waals surface area contributed by atoms with Gasteiger partial charge in [0.2, 0.25) is 0 Å². The Morgan fingerprint density at radius 2 is 2.00 bits per heavy atom. The van der Waals surface area contributed by atoms with Gasteiger partial charge in [0.05, 0.1) is 18.4 Å². The first-order valence-corrected chi connectivity index (χ1v) is 6.22.